The average molecular weight is 356 g/mol. The highest BCUT2D eigenvalue weighted by molar-refractivity contribution is 6.05. The first-order chi connectivity index (χ1) is 12.5. The summed E-state index contributed by atoms with van der Waals surface area (Å²) in [5.74, 6) is -0.750. The number of hydrogen-bond donors (Lipinski definition) is 2. The second kappa shape index (κ2) is 6.48. The maximum atomic E-state index is 13.1. The maximum absolute atomic E-state index is 13.1. The molecule has 26 heavy (non-hydrogen) atoms. The predicted octanol–water partition coefficient (Wildman–Crippen LogP) is 0.369. The summed E-state index contributed by atoms with van der Waals surface area (Å²) in [5.41, 5.74) is 8.77. The summed E-state index contributed by atoms with van der Waals surface area (Å²) in [6.07, 6.45) is 1.62. The van der Waals surface area contributed by atoms with Gasteiger partial charge >= 0.3 is 0 Å². The molecule has 4 rings (SSSR count). The van der Waals surface area contributed by atoms with Crippen molar-refractivity contribution in [3.63, 3.8) is 0 Å². The van der Waals surface area contributed by atoms with Gasteiger partial charge in [-0.3, -0.25) is 24.6 Å². The minimum atomic E-state index is -0.570. The molecule has 0 bridgehead atoms. The second-order valence-electron chi connectivity index (χ2n) is 7.51. The van der Waals surface area contributed by atoms with Gasteiger partial charge in [-0.25, -0.2) is 0 Å². The van der Waals surface area contributed by atoms with Gasteiger partial charge in [0.05, 0.1) is 0 Å². The monoisotopic (exact) mass is 356 g/mol. The van der Waals surface area contributed by atoms with Crippen molar-refractivity contribution in [1.29, 1.82) is 0 Å². The molecule has 3 heterocycles. The molecule has 3 atom stereocenters. The number of fused-ring (bicyclic) bond motifs is 1. The Morgan fingerprint density at radius 2 is 2.04 bits per heavy atom. The van der Waals surface area contributed by atoms with Gasteiger partial charge in [-0.1, -0.05) is 18.2 Å². The number of amides is 3. The lowest BCUT2D eigenvalue weighted by Gasteiger charge is -2.29. The molecule has 3 amide bonds. The Hall–Kier alpha value is -2.25. The smallest absolute Gasteiger partial charge is 0.255 e. The zero-order valence-electron chi connectivity index (χ0n) is 14.9. The third-order valence-electron chi connectivity index (χ3n) is 5.96. The number of benzene rings is 1. The number of nitrogens with two attached hydrogens (primary N) is 1. The van der Waals surface area contributed by atoms with E-state index < -0.39 is 6.04 Å². The molecule has 3 aliphatic rings. The molecule has 7 nitrogen and oxygen atoms in total. The summed E-state index contributed by atoms with van der Waals surface area (Å²) in [6, 6.07) is 5.79. The molecule has 1 aromatic carbocycles. The van der Waals surface area contributed by atoms with E-state index in [2.05, 4.69) is 17.1 Å². The van der Waals surface area contributed by atoms with Crippen LogP contribution in [0.1, 0.15) is 47.7 Å². The van der Waals surface area contributed by atoms with Crippen LogP contribution in [-0.2, 0) is 22.7 Å². The van der Waals surface area contributed by atoms with E-state index in [1.54, 1.807) is 4.90 Å². The van der Waals surface area contributed by atoms with E-state index in [1.807, 2.05) is 18.2 Å². The van der Waals surface area contributed by atoms with Crippen LogP contribution in [0.15, 0.2) is 18.2 Å². The van der Waals surface area contributed by atoms with Gasteiger partial charge in [0.2, 0.25) is 11.8 Å². The van der Waals surface area contributed by atoms with E-state index in [0.717, 1.165) is 24.1 Å². The van der Waals surface area contributed by atoms with Crippen molar-refractivity contribution in [3.8, 4) is 0 Å². The Balaban J connectivity index is 1.57. The van der Waals surface area contributed by atoms with Gasteiger partial charge in [0.25, 0.3) is 5.91 Å². The van der Waals surface area contributed by atoms with Crippen LogP contribution < -0.4 is 11.1 Å². The van der Waals surface area contributed by atoms with Gasteiger partial charge in [-0.05, 0) is 30.9 Å². The lowest BCUT2D eigenvalue weighted by atomic mass is 10.0. The fourth-order valence-corrected chi connectivity index (χ4v) is 4.29. The Labute approximate surface area is 152 Å². The van der Waals surface area contributed by atoms with Crippen LogP contribution in [0.3, 0.4) is 0 Å². The Morgan fingerprint density at radius 3 is 2.73 bits per heavy atom. The highest BCUT2D eigenvalue weighted by Crippen LogP contribution is 2.31. The van der Waals surface area contributed by atoms with Gasteiger partial charge in [0.15, 0.2) is 0 Å². The molecule has 7 heteroatoms. The van der Waals surface area contributed by atoms with Crippen LogP contribution >= 0.6 is 0 Å². The normalized spacial score (nSPS) is 29.2. The van der Waals surface area contributed by atoms with Crippen LogP contribution in [0.5, 0.6) is 0 Å². The number of nitrogens with zero attached hydrogens (tertiary/aromatic N) is 2. The molecule has 3 aliphatic heterocycles. The summed E-state index contributed by atoms with van der Waals surface area (Å²) in [7, 11) is 0. The third-order valence-corrected chi connectivity index (χ3v) is 5.96. The minimum Gasteiger partial charge on any atom is -0.326 e. The fraction of sp³-hybridized carbons (Fsp3) is 0.526. The van der Waals surface area contributed by atoms with Crippen molar-refractivity contribution >= 4 is 17.7 Å². The van der Waals surface area contributed by atoms with Crippen LogP contribution in [0.25, 0.3) is 0 Å². The molecule has 0 radical (unpaired) electrons. The van der Waals surface area contributed by atoms with Gasteiger partial charge in [-0.15, -0.1) is 0 Å². The van der Waals surface area contributed by atoms with Crippen molar-refractivity contribution in [2.24, 2.45) is 5.73 Å². The van der Waals surface area contributed by atoms with Crippen LogP contribution in [0.2, 0.25) is 0 Å². The van der Waals surface area contributed by atoms with E-state index in [9.17, 15) is 14.4 Å². The van der Waals surface area contributed by atoms with Gasteiger partial charge in [-0.2, -0.15) is 0 Å². The zero-order chi connectivity index (χ0) is 18.4. The van der Waals surface area contributed by atoms with Crippen molar-refractivity contribution in [3.05, 3.63) is 34.9 Å². The van der Waals surface area contributed by atoms with Gasteiger partial charge < -0.3 is 10.6 Å². The molecule has 0 spiro atoms. The number of piperidine rings is 1. The maximum Gasteiger partial charge on any atom is 0.255 e. The van der Waals surface area contributed by atoms with E-state index in [4.69, 9.17) is 5.73 Å². The van der Waals surface area contributed by atoms with E-state index in [0.29, 0.717) is 25.1 Å². The lowest BCUT2D eigenvalue weighted by molar-refractivity contribution is -0.136. The molecule has 1 aromatic rings. The Kier molecular flexibility index (Phi) is 4.28. The number of imide groups is 1. The topological polar surface area (TPSA) is 95.7 Å². The number of carbonyl (C=O) groups excluding carboxylic acids is 3. The summed E-state index contributed by atoms with van der Waals surface area (Å²) in [5, 5.41) is 2.34. The summed E-state index contributed by atoms with van der Waals surface area (Å²) in [6.45, 7) is 4.16. The van der Waals surface area contributed by atoms with E-state index in [1.165, 1.54) is 0 Å². The highest BCUT2D eigenvalue weighted by Gasteiger charge is 2.40. The lowest BCUT2D eigenvalue weighted by Crippen LogP contribution is -2.52. The average Bonchev–Trinajstić information content (AvgIpc) is 3.10. The molecule has 138 valence electrons. The number of rotatable bonds is 3. The SMILES string of the molecule is C[C@H]1[C@@H](N)CCN1Cc1cccc2c1C(=O)N(C1CCC(=O)NC1=O)C2. The van der Waals surface area contributed by atoms with Crippen LogP contribution in [0.4, 0.5) is 0 Å². The first-order valence-corrected chi connectivity index (χ1v) is 9.20. The molecule has 0 aliphatic carbocycles. The van der Waals surface area contributed by atoms with Crippen molar-refractivity contribution < 1.29 is 14.4 Å². The second-order valence-corrected chi connectivity index (χ2v) is 7.51. The number of likely N-dealkylation sites (tertiary alicyclic amines) is 1. The Bertz CT molecular complexity index is 778. The summed E-state index contributed by atoms with van der Waals surface area (Å²) < 4.78 is 0. The standard InChI is InChI=1S/C19H24N4O3/c1-11-14(20)7-8-22(11)9-12-3-2-4-13-10-23(19(26)17(12)13)15-5-6-16(24)21-18(15)25/h2-4,11,14-15H,5-10,20H2,1H3,(H,21,24,25)/t11-,14-,15?/m0/s1. The molecular formula is C19H24N4O3. The van der Waals surface area contributed by atoms with Crippen LogP contribution in [-0.4, -0.2) is 52.2 Å². The predicted molar refractivity (Wildman–Crippen MR) is 95.0 cm³/mol. The number of hydrogen-bond acceptors (Lipinski definition) is 5. The molecule has 2 saturated heterocycles. The summed E-state index contributed by atoms with van der Waals surface area (Å²) >= 11 is 0. The van der Waals surface area contributed by atoms with Gasteiger partial charge in [0.1, 0.15) is 6.04 Å². The molecular weight excluding hydrogens is 332 g/mol. The number of nitrogens with one attached hydrogen (secondary N) is 1. The largest absolute Gasteiger partial charge is 0.326 e. The van der Waals surface area contributed by atoms with Crippen molar-refractivity contribution in [2.45, 2.75) is 57.4 Å². The van der Waals surface area contributed by atoms with Gasteiger partial charge in [0, 0.05) is 43.7 Å². The first-order valence-electron chi connectivity index (χ1n) is 9.20. The third kappa shape index (κ3) is 2.81. The molecule has 1 unspecified atom stereocenters. The van der Waals surface area contributed by atoms with E-state index >= 15 is 0 Å². The number of carbonyl (C=O) groups is 3. The first kappa shape index (κ1) is 17.2. The molecule has 3 N–H and O–H groups in total. The zero-order valence-corrected chi connectivity index (χ0v) is 14.9. The highest BCUT2D eigenvalue weighted by atomic mass is 16.2. The minimum absolute atomic E-state index is 0.110. The molecule has 2 fully saturated rings. The fourth-order valence-electron chi connectivity index (χ4n) is 4.29. The molecule has 0 aromatic heterocycles. The van der Waals surface area contributed by atoms with Crippen LogP contribution in [0, 0.1) is 0 Å². The summed E-state index contributed by atoms with van der Waals surface area (Å²) in [4.78, 5) is 40.6. The van der Waals surface area contributed by atoms with E-state index in [-0.39, 0.29) is 36.2 Å². The van der Waals surface area contributed by atoms with Crippen molar-refractivity contribution in [1.82, 2.24) is 15.1 Å². The quantitative estimate of drug-likeness (QED) is 0.763. The van der Waals surface area contributed by atoms with Crippen molar-refractivity contribution in [2.75, 3.05) is 6.54 Å². The molecule has 0 saturated carbocycles. The Morgan fingerprint density at radius 1 is 1.23 bits per heavy atom.